The lowest BCUT2D eigenvalue weighted by Gasteiger charge is -2.14. The Bertz CT molecular complexity index is 1270. The van der Waals surface area contributed by atoms with E-state index < -0.39 is 30.0 Å². The van der Waals surface area contributed by atoms with Gasteiger partial charge in [0.05, 0.1) is 35.5 Å². The van der Waals surface area contributed by atoms with E-state index in [1.54, 1.807) is 22.9 Å². The number of furan rings is 1. The highest BCUT2D eigenvalue weighted by Crippen LogP contribution is 2.34. The number of hydrogen-bond acceptors (Lipinski definition) is 9. The number of aliphatic hydroxyl groups excluding tert-OH is 1. The Morgan fingerprint density at radius 3 is 3.06 bits per heavy atom. The predicted molar refractivity (Wildman–Crippen MR) is 121 cm³/mol. The second kappa shape index (κ2) is 10.1. The molecule has 1 fully saturated rings. The molecule has 0 spiro atoms. The van der Waals surface area contributed by atoms with Gasteiger partial charge in [0.2, 0.25) is 0 Å². The lowest BCUT2D eigenvalue weighted by Crippen LogP contribution is -2.41. The van der Waals surface area contributed by atoms with Gasteiger partial charge in [-0.25, -0.2) is 10.3 Å². The largest absolute Gasteiger partial charge is 0.469 e. The smallest absolute Gasteiger partial charge is 0.348 e. The van der Waals surface area contributed by atoms with E-state index in [1.165, 1.54) is 6.26 Å². The molecular weight excluding hydrogens is 444 g/mol. The number of carbonyl (C=O) groups excluding carboxylic acids is 1. The summed E-state index contributed by atoms with van der Waals surface area (Å²) in [4.78, 5) is 35.6. The van der Waals surface area contributed by atoms with Crippen LogP contribution in [0.3, 0.4) is 0 Å². The van der Waals surface area contributed by atoms with Crippen LogP contribution in [0.15, 0.2) is 33.8 Å². The van der Waals surface area contributed by atoms with Crippen molar-refractivity contribution in [3.8, 4) is 11.8 Å². The van der Waals surface area contributed by atoms with Crippen molar-refractivity contribution in [2.24, 2.45) is 5.73 Å². The molecule has 1 saturated heterocycles. The van der Waals surface area contributed by atoms with Crippen LogP contribution in [0.2, 0.25) is 0 Å². The van der Waals surface area contributed by atoms with Crippen LogP contribution in [-0.4, -0.2) is 50.4 Å². The number of fused-ring (bicyclic) bond motifs is 1. The average molecular weight is 470 g/mol. The number of nitrogen functional groups attached to an aromatic ring is 1. The van der Waals surface area contributed by atoms with Crippen molar-refractivity contribution in [3.63, 3.8) is 0 Å². The van der Waals surface area contributed by atoms with Gasteiger partial charge >= 0.3 is 5.69 Å². The zero-order valence-corrected chi connectivity index (χ0v) is 18.5. The fourth-order valence-electron chi connectivity index (χ4n) is 3.85. The first kappa shape index (κ1) is 23.5. The third-order valence-corrected chi connectivity index (χ3v) is 5.52. The number of nitrogens with one attached hydrogen (secondary N) is 2. The number of rotatable bonds is 7. The Morgan fingerprint density at radius 1 is 1.53 bits per heavy atom. The van der Waals surface area contributed by atoms with Crippen molar-refractivity contribution in [2.75, 3.05) is 12.3 Å². The number of nitrogens with two attached hydrogens (primary N) is 2. The summed E-state index contributed by atoms with van der Waals surface area (Å²) in [6.45, 7) is 1.80. The number of carbonyl (C=O) groups is 1. The van der Waals surface area contributed by atoms with Gasteiger partial charge in [-0.3, -0.25) is 14.6 Å². The highest BCUT2D eigenvalue weighted by molar-refractivity contribution is 5.92. The number of amides is 1. The van der Waals surface area contributed by atoms with Crippen LogP contribution in [0.25, 0.3) is 11.0 Å². The Kier molecular flexibility index (Phi) is 6.99. The van der Waals surface area contributed by atoms with Crippen molar-refractivity contribution in [3.05, 3.63) is 46.4 Å². The molecule has 1 aliphatic rings. The first-order valence-corrected chi connectivity index (χ1v) is 10.8. The Morgan fingerprint density at radius 2 is 2.35 bits per heavy atom. The van der Waals surface area contributed by atoms with E-state index in [0.717, 1.165) is 0 Å². The molecule has 0 aromatic carbocycles. The molecule has 0 saturated carbocycles. The van der Waals surface area contributed by atoms with Crippen molar-refractivity contribution in [2.45, 2.75) is 50.7 Å². The lowest BCUT2D eigenvalue weighted by atomic mass is 10.1. The molecule has 4 rings (SSSR count). The average Bonchev–Trinajstić information content (AvgIpc) is 3.52. The molecule has 0 bridgehead atoms. The van der Waals surface area contributed by atoms with Crippen molar-refractivity contribution >= 4 is 22.8 Å². The van der Waals surface area contributed by atoms with E-state index in [1.807, 2.05) is 6.92 Å². The predicted octanol–water partition coefficient (Wildman–Crippen LogP) is -0.0725. The second-order valence-electron chi connectivity index (χ2n) is 7.89. The monoisotopic (exact) mass is 470 g/mol. The molecule has 0 aliphatic carbocycles. The molecule has 1 aliphatic heterocycles. The number of hydrogen-bond donors (Lipinski definition) is 5. The number of H-pyrrole nitrogens is 1. The Balaban J connectivity index is 1.45. The molecule has 0 radical (unpaired) electrons. The van der Waals surface area contributed by atoms with Gasteiger partial charge < -0.3 is 30.3 Å². The third kappa shape index (κ3) is 4.97. The number of aromatic amines is 1. The molecule has 12 heteroatoms. The van der Waals surface area contributed by atoms with E-state index in [9.17, 15) is 14.7 Å². The zero-order valence-electron chi connectivity index (χ0n) is 18.5. The summed E-state index contributed by atoms with van der Waals surface area (Å²) in [5.41, 5.74) is 14.3. The molecule has 7 N–H and O–H groups in total. The fraction of sp³-hybridized carbons (Fsp3) is 0.409. The Hall–Kier alpha value is -3.63. The first-order chi connectivity index (χ1) is 16.4. The molecular formula is C22H26N6O6. The van der Waals surface area contributed by atoms with E-state index in [-0.39, 0.29) is 24.9 Å². The van der Waals surface area contributed by atoms with Gasteiger partial charge in [-0.1, -0.05) is 18.8 Å². The van der Waals surface area contributed by atoms with Crippen molar-refractivity contribution in [1.82, 2.24) is 20.0 Å². The van der Waals surface area contributed by atoms with Gasteiger partial charge in [0.15, 0.2) is 5.65 Å². The van der Waals surface area contributed by atoms with E-state index in [2.05, 4.69) is 27.3 Å². The first-order valence-electron chi connectivity index (χ1n) is 10.8. The van der Waals surface area contributed by atoms with Crippen molar-refractivity contribution < 1.29 is 23.9 Å². The van der Waals surface area contributed by atoms with E-state index in [4.69, 9.17) is 25.5 Å². The number of aliphatic hydroxyl groups is 1. The summed E-state index contributed by atoms with van der Waals surface area (Å²) in [5, 5.41) is 10.7. The molecule has 1 unspecified atom stereocenters. The molecule has 12 nitrogen and oxygen atoms in total. The SMILES string of the molecule is CC[C@H]1O[C@@H](n2cc(C#CCONC(=O)C(N)Cc3ccco3)c3c(N)[nH]c(=O)nc32)C[C@@H]1O. The zero-order chi connectivity index (χ0) is 24.2. The number of anilines is 1. The summed E-state index contributed by atoms with van der Waals surface area (Å²) in [6.07, 6.45) is 2.94. The summed E-state index contributed by atoms with van der Waals surface area (Å²) in [6, 6.07) is 2.60. The normalized spacial score (nSPS) is 20.7. The maximum Gasteiger partial charge on any atom is 0.348 e. The number of hydroxylamine groups is 1. The Labute approximate surface area is 194 Å². The molecule has 34 heavy (non-hydrogen) atoms. The second-order valence-corrected chi connectivity index (χ2v) is 7.89. The maximum atomic E-state index is 12.0. The van der Waals surface area contributed by atoms with Gasteiger partial charge in [0.1, 0.15) is 24.4 Å². The number of nitrogens with zero attached hydrogens (tertiary/aromatic N) is 2. The van der Waals surface area contributed by atoms with Crippen LogP contribution in [0.5, 0.6) is 0 Å². The van der Waals surface area contributed by atoms with Crippen LogP contribution in [0.1, 0.15) is 37.3 Å². The maximum absolute atomic E-state index is 12.0. The molecule has 180 valence electrons. The topological polar surface area (TPSA) is 184 Å². The number of aromatic nitrogens is 3. The van der Waals surface area contributed by atoms with Crippen LogP contribution in [0.4, 0.5) is 5.82 Å². The molecule has 1 amide bonds. The molecule has 4 atom stereocenters. The minimum Gasteiger partial charge on any atom is -0.469 e. The van der Waals surface area contributed by atoms with Gasteiger partial charge in [0.25, 0.3) is 5.91 Å². The lowest BCUT2D eigenvalue weighted by molar-refractivity contribution is -0.133. The third-order valence-electron chi connectivity index (χ3n) is 5.52. The highest BCUT2D eigenvalue weighted by atomic mass is 16.6. The summed E-state index contributed by atoms with van der Waals surface area (Å²) in [7, 11) is 0. The van der Waals surface area contributed by atoms with E-state index >= 15 is 0 Å². The summed E-state index contributed by atoms with van der Waals surface area (Å²) < 4.78 is 12.7. The minimum atomic E-state index is -0.839. The van der Waals surface area contributed by atoms with Crippen molar-refractivity contribution in [1.29, 1.82) is 0 Å². The van der Waals surface area contributed by atoms with E-state index in [0.29, 0.717) is 35.2 Å². The minimum absolute atomic E-state index is 0.113. The molecule has 3 aromatic rings. The summed E-state index contributed by atoms with van der Waals surface area (Å²) in [5.74, 6) is 5.89. The van der Waals surface area contributed by atoms with Gasteiger partial charge in [-0.15, -0.1) is 0 Å². The fourth-order valence-corrected chi connectivity index (χ4v) is 3.85. The van der Waals surface area contributed by atoms with Crippen LogP contribution >= 0.6 is 0 Å². The van der Waals surface area contributed by atoms with Crippen LogP contribution in [0, 0.1) is 11.8 Å². The highest BCUT2D eigenvalue weighted by Gasteiger charge is 2.35. The standard InChI is InChI=1S/C22H26N6O6/c1-2-16-15(29)10-17(34-16)28-11-12(18-19(24)25-22(31)26-20(18)28)5-3-8-33-27-21(30)14(23)9-13-6-4-7-32-13/h4,6-7,11,14-17,29H,2,8-10,23H2,1H3,(H,27,30)(H3,24,25,26,31)/t14?,15-,16+,17+/m0/s1. The van der Waals surface area contributed by atoms with Gasteiger partial charge in [-0.2, -0.15) is 4.98 Å². The molecule has 3 aromatic heterocycles. The van der Waals surface area contributed by atoms with Gasteiger partial charge in [-0.05, 0) is 18.6 Å². The quantitative estimate of drug-likeness (QED) is 0.179. The van der Waals surface area contributed by atoms with Crippen LogP contribution < -0.4 is 22.6 Å². The molecule has 4 heterocycles. The van der Waals surface area contributed by atoms with Gasteiger partial charge in [0, 0.05) is 19.0 Å². The summed E-state index contributed by atoms with van der Waals surface area (Å²) >= 11 is 0. The number of ether oxygens (including phenoxy) is 1. The van der Waals surface area contributed by atoms with Crippen LogP contribution in [-0.2, 0) is 20.8 Å².